The second-order valence-electron chi connectivity index (χ2n) is 6.41. The summed E-state index contributed by atoms with van der Waals surface area (Å²) in [5, 5.41) is 5.12. The summed E-state index contributed by atoms with van der Waals surface area (Å²) in [6.07, 6.45) is 0. The summed E-state index contributed by atoms with van der Waals surface area (Å²) in [6.45, 7) is 4.23. The molecule has 0 aliphatic heterocycles. The Morgan fingerprint density at radius 1 is 1.00 bits per heavy atom. The van der Waals surface area contributed by atoms with Crippen LogP contribution in [0.4, 0.5) is 0 Å². The zero-order chi connectivity index (χ0) is 18.4. The molecule has 134 valence electrons. The molecule has 0 bridgehead atoms. The lowest BCUT2D eigenvalue weighted by Crippen LogP contribution is -2.33. The molecule has 3 rings (SSSR count). The molecule has 0 radical (unpaired) electrons. The number of amides is 1. The Morgan fingerprint density at radius 2 is 1.73 bits per heavy atom. The quantitative estimate of drug-likeness (QED) is 0.628. The summed E-state index contributed by atoms with van der Waals surface area (Å²) in [7, 11) is 0. The number of hydrogen-bond donors (Lipinski definition) is 1. The zero-order valence-electron chi connectivity index (χ0n) is 15.0. The van der Waals surface area contributed by atoms with Gasteiger partial charge in [-0.1, -0.05) is 68.4 Å². The molecule has 1 aromatic heterocycles. The molecule has 1 atom stereocenters. The molecular formula is C22H23NO2S. The molecule has 0 aliphatic rings. The first-order chi connectivity index (χ1) is 12.6. The lowest BCUT2D eigenvalue weighted by atomic mass is 10.0. The first-order valence-electron chi connectivity index (χ1n) is 8.74. The first kappa shape index (κ1) is 18.2. The van der Waals surface area contributed by atoms with E-state index in [0.29, 0.717) is 5.92 Å². The second-order valence-corrected chi connectivity index (χ2v) is 7.39. The minimum Gasteiger partial charge on any atom is -0.483 e. The summed E-state index contributed by atoms with van der Waals surface area (Å²) >= 11 is 1.63. The maximum absolute atomic E-state index is 12.5. The highest BCUT2D eigenvalue weighted by molar-refractivity contribution is 7.10. The van der Waals surface area contributed by atoms with Crippen molar-refractivity contribution in [3.63, 3.8) is 0 Å². The Labute approximate surface area is 158 Å². The molecule has 1 N–H and O–H groups in total. The van der Waals surface area contributed by atoms with Gasteiger partial charge in [0.2, 0.25) is 0 Å². The molecule has 0 saturated carbocycles. The third-order valence-electron chi connectivity index (χ3n) is 4.17. The highest BCUT2D eigenvalue weighted by atomic mass is 32.1. The average Bonchev–Trinajstić information content (AvgIpc) is 3.19. The van der Waals surface area contributed by atoms with E-state index in [1.165, 1.54) is 0 Å². The largest absolute Gasteiger partial charge is 0.483 e. The minimum atomic E-state index is -0.160. The highest BCUT2D eigenvalue weighted by Gasteiger charge is 2.18. The van der Waals surface area contributed by atoms with Gasteiger partial charge in [-0.2, -0.15) is 0 Å². The van der Waals surface area contributed by atoms with E-state index >= 15 is 0 Å². The van der Waals surface area contributed by atoms with E-state index in [0.717, 1.165) is 21.8 Å². The molecule has 0 fully saturated rings. The average molecular weight is 365 g/mol. The fraction of sp³-hybridized carbons (Fsp3) is 0.227. The van der Waals surface area contributed by atoms with Crippen LogP contribution in [0.3, 0.4) is 0 Å². The van der Waals surface area contributed by atoms with Crippen molar-refractivity contribution in [1.82, 2.24) is 5.32 Å². The van der Waals surface area contributed by atoms with Gasteiger partial charge in [0, 0.05) is 4.88 Å². The van der Waals surface area contributed by atoms with Crippen LogP contribution < -0.4 is 10.1 Å². The van der Waals surface area contributed by atoms with Crippen LogP contribution in [0, 0.1) is 0 Å². The maximum atomic E-state index is 12.5. The number of hydrogen-bond acceptors (Lipinski definition) is 3. The molecule has 3 nitrogen and oxygen atoms in total. The normalized spacial score (nSPS) is 12.0. The second kappa shape index (κ2) is 8.68. The molecule has 0 saturated heterocycles. The van der Waals surface area contributed by atoms with E-state index in [2.05, 4.69) is 19.2 Å². The van der Waals surface area contributed by atoms with Crippen molar-refractivity contribution in [2.75, 3.05) is 6.61 Å². The Morgan fingerprint density at radius 3 is 2.42 bits per heavy atom. The van der Waals surface area contributed by atoms with E-state index in [4.69, 9.17) is 4.74 Å². The van der Waals surface area contributed by atoms with E-state index in [-0.39, 0.29) is 18.6 Å². The van der Waals surface area contributed by atoms with Crippen LogP contribution in [-0.4, -0.2) is 12.5 Å². The van der Waals surface area contributed by atoms with Gasteiger partial charge in [-0.05, 0) is 34.6 Å². The van der Waals surface area contributed by atoms with Gasteiger partial charge >= 0.3 is 0 Å². The predicted octanol–water partition coefficient (Wildman–Crippen LogP) is 5.16. The Kier molecular flexibility index (Phi) is 6.08. The number of rotatable bonds is 7. The topological polar surface area (TPSA) is 38.3 Å². The standard InChI is InChI=1S/C22H23NO2S/c1-16(2)18-11-6-7-12-19(18)25-15-21(24)23-22(20-13-8-14-26-20)17-9-4-3-5-10-17/h3-14,16,22H,15H2,1-2H3,(H,23,24)/t22-/m1/s1. The summed E-state index contributed by atoms with van der Waals surface area (Å²) in [5.74, 6) is 0.980. The van der Waals surface area contributed by atoms with Gasteiger partial charge in [0.25, 0.3) is 5.91 Å². The molecule has 0 aliphatic carbocycles. The van der Waals surface area contributed by atoms with Crippen LogP contribution in [0.1, 0.15) is 41.8 Å². The molecule has 0 spiro atoms. The minimum absolute atomic E-state index is 0.00155. The summed E-state index contributed by atoms with van der Waals surface area (Å²) < 4.78 is 5.81. The smallest absolute Gasteiger partial charge is 0.258 e. The SMILES string of the molecule is CC(C)c1ccccc1OCC(=O)N[C@H](c1ccccc1)c1cccs1. The lowest BCUT2D eigenvalue weighted by molar-refractivity contribution is -0.123. The van der Waals surface area contributed by atoms with Crippen LogP contribution in [0.5, 0.6) is 5.75 Å². The van der Waals surface area contributed by atoms with Crippen molar-refractivity contribution in [2.45, 2.75) is 25.8 Å². The van der Waals surface area contributed by atoms with E-state index in [1.807, 2.05) is 72.1 Å². The molecular weight excluding hydrogens is 342 g/mol. The predicted molar refractivity (Wildman–Crippen MR) is 107 cm³/mol. The maximum Gasteiger partial charge on any atom is 0.258 e. The van der Waals surface area contributed by atoms with Crippen LogP contribution in [0.2, 0.25) is 0 Å². The van der Waals surface area contributed by atoms with Gasteiger partial charge in [-0.3, -0.25) is 4.79 Å². The summed E-state index contributed by atoms with van der Waals surface area (Å²) in [4.78, 5) is 13.6. The Hall–Kier alpha value is -2.59. The molecule has 26 heavy (non-hydrogen) atoms. The third kappa shape index (κ3) is 4.52. The van der Waals surface area contributed by atoms with Crippen LogP contribution in [0.25, 0.3) is 0 Å². The number of nitrogens with one attached hydrogen (secondary N) is 1. The monoisotopic (exact) mass is 365 g/mol. The number of carbonyl (C=O) groups excluding carboxylic acids is 1. The van der Waals surface area contributed by atoms with E-state index in [9.17, 15) is 4.79 Å². The van der Waals surface area contributed by atoms with Gasteiger partial charge in [-0.25, -0.2) is 0 Å². The molecule has 0 unspecified atom stereocenters. The van der Waals surface area contributed by atoms with Crippen LogP contribution in [-0.2, 0) is 4.79 Å². The summed E-state index contributed by atoms with van der Waals surface area (Å²) in [5.41, 5.74) is 2.17. The van der Waals surface area contributed by atoms with E-state index < -0.39 is 0 Å². The summed E-state index contributed by atoms with van der Waals surface area (Å²) in [6, 6.07) is 21.7. The van der Waals surface area contributed by atoms with Gasteiger partial charge in [0.1, 0.15) is 5.75 Å². The van der Waals surface area contributed by atoms with E-state index in [1.54, 1.807) is 11.3 Å². The van der Waals surface area contributed by atoms with Crippen molar-refractivity contribution < 1.29 is 9.53 Å². The fourth-order valence-electron chi connectivity index (χ4n) is 2.85. The van der Waals surface area contributed by atoms with Crippen molar-refractivity contribution >= 4 is 17.2 Å². The fourth-order valence-corrected chi connectivity index (χ4v) is 3.66. The van der Waals surface area contributed by atoms with Gasteiger partial charge in [-0.15, -0.1) is 11.3 Å². The number of thiophene rings is 1. The number of para-hydroxylation sites is 1. The molecule has 2 aromatic carbocycles. The van der Waals surface area contributed by atoms with Crippen molar-refractivity contribution in [2.24, 2.45) is 0 Å². The van der Waals surface area contributed by atoms with Crippen molar-refractivity contribution in [3.05, 3.63) is 88.1 Å². The van der Waals surface area contributed by atoms with Gasteiger partial charge in [0.05, 0.1) is 6.04 Å². The van der Waals surface area contributed by atoms with Crippen molar-refractivity contribution in [1.29, 1.82) is 0 Å². The zero-order valence-corrected chi connectivity index (χ0v) is 15.8. The van der Waals surface area contributed by atoms with Crippen LogP contribution >= 0.6 is 11.3 Å². The lowest BCUT2D eigenvalue weighted by Gasteiger charge is -2.19. The number of carbonyl (C=O) groups is 1. The van der Waals surface area contributed by atoms with Crippen LogP contribution in [0.15, 0.2) is 72.1 Å². The third-order valence-corrected chi connectivity index (χ3v) is 5.10. The molecule has 1 amide bonds. The molecule has 3 aromatic rings. The number of ether oxygens (including phenoxy) is 1. The van der Waals surface area contributed by atoms with Gasteiger partial charge in [0.15, 0.2) is 6.61 Å². The molecule has 1 heterocycles. The van der Waals surface area contributed by atoms with Crippen molar-refractivity contribution in [3.8, 4) is 5.75 Å². The Bertz CT molecular complexity index is 828. The molecule has 4 heteroatoms. The Balaban J connectivity index is 1.70. The highest BCUT2D eigenvalue weighted by Crippen LogP contribution is 2.27. The van der Waals surface area contributed by atoms with Gasteiger partial charge < -0.3 is 10.1 Å². The number of benzene rings is 2. The first-order valence-corrected chi connectivity index (χ1v) is 9.62.